The maximum Gasteiger partial charge on any atom is 0.243 e. The number of aryl methyl sites for hydroxylation is 1. The Labute approximate surface area is 169 Å². The maximum atomic E-state index is 13.5. The lowest BCUT2D eigenvalue weighted by Gasteiger charge is -2.26. The zero-order chi connectivity index (χ0) is 20.4. The molecule has 2 heterocycles. The lowest BCUT2D eigenvalue weighted by molar-refractivity contribution is 0.581. The molecule has 2 aromatic heterocycles. The maximum absolute atomic E-state index is 13.5. The first-order valence-electron chi connectivity index (χ1n) is 9.94. The van der Waals surface area contributed by atoms with E-state index in [-0.39, 0.29) is 11.9 Å². The minimum Gasteiger partial charge on any atom is -0.388 e. The second-order valence-electron chi connectivity index (χ2n) is 7.35. The van der Waals surface area contributed by atoms with E-state index in [0.29, 0.717) is 5.95 Å². The number of anilines is 1. The molecule has 1 unspecified atom stereocenters. The zero-order valence-electron chi connectivity index (χ0n) is 16.7. The van der Waals surface area contributed by atoms with Gasteiger partial charge >= 0.3 is 0 Å². The minimum atomic E-state index is -0.244. The van der Waals surface area contributed by atoms with Crippen LogP contribution in [0.1, 0.15) is 31.7 Å². The second-order valence-corrected chi connectivity index (χ2v) is 7.35. The van der Waals surface area contributed by atoms with Crippen molar-refractivity contribution in [2.45, 2.75) is 39.2 Å². The summed E-state index contributed by atoms with van der Waals surface area (Å²) in [6.07, 6.45) is 5.94. The largest absolute Gasteiger partial charge is 0.388 e. The van der Waals surface area contributed by atoms with E-state index < -0.39 is 0 Å². The van der Waals surface area contributed by atoms with E-state index in [9.17, 15) is 4.39 Å². The van der Waals surface area contributed by atoms with Gasteiger partial charge in [-0.3, -0.25) is 0 Å². The molecule has 1 atom stereocenters. The first-order valence-corrected chi connectivity index (χ1v) is 9.94. The quantitative estimate of drug-likeness (QED) is 0.546. The van der Waals surface area contributed by atoms with E-state index in [1.54, 1.807) is 10.6 Å². The van der Waals surface area contributed by atoms with Crippen molar-refractivity contribution < 1.29 is 4.39 Å². The molecule has 1 aromatic carbocycles. The molecule has 3 N–H and O–H groups in total. The van der Waals surface area contributed by atoms with Crippen LogP contribution in [0.25, 0.3) is 16.8 Å². The number of aromatic nitrogens is 3. The number of rotatable bonds is 6. The van der Waals surface area contributed by atoms with Crippen molar-refractivity contribution in [2.75, 3.05) is 11.9 Å². The van der Waals surface area contributed by atoms with Crippen LogP contribution in [-0.2, 0) is 0 Å². The molecule has 1 aliphatic carbocycles. The predicted molar refractivity (Wildman–Crippen MR) is 114 cm³/mol. The average molecular weight is 392 g/mol. The van der Waals surface area contributed by atoms with Crippen LogP contribution < -0.4 is 10.6 Å². The van der Waals surface area contributed by atoms with Crippen LogP contribution in [0.15, 0.2) is 47.8 Å². The average Bonchev–Trinajstić information content (AvgIpc) is 3.12. The summed E-state index contributed by atoms with van der Waals surface area (Å²) in [6, 6.07) is 8.87. The van der Waals surface area contributed by atoms with Crippen molar-refractivity contribution in [1.82, 2.24) is 19.9 Å². The normalized spacial score (nSPS) is 16.9. The van der Waals surface area contributed by atoms with E-state index in [1.807, 2.05) is 25.3 Å². The summed E-state index contributed by atoms with van der Waals surface area (Å²) >= 11 is 0. The summed E-state index contributed by atoms with van der Waals surface area (Å²) in [4.78, 5) is 4.71. The Hall–Kier alpha value is -3.22. The summed E-state index contributed by atoms with van der Waals surface area (Å²) in [7, 11) is 0. The van der Waals surface area contributed by atoms with Crippen molar-refractivity contribution in [3.05, 3.63) is 59.2 Å². The fraction of sp³-hybridized carbons (Fsp3) is 0.318. The molecule has 4 rings (SSSR count). The number of fused-ring (bicyclic) bond motifs is 1. The van der Waals surface area contributed by atoms with Crippen molar-refractivity contribution in [3.63, 3.8) is 0 Å². The van der Waals surface area contributed by atoms with Crippen LogP contribution in [0.2, 0.25) is 0 Å². The number of nitrogens with one attached hydrogen (secondary N) is 3. The Kier molecular flexibility index (Phi) is 5.29. The fourth-order valence-electron chi connectivity index (χ4n) is 3.94. The molecule has 0 fully saturated rings. The SMILES string of the molecule is CCNC1=C(C=N)CC(Nc2nc3c(-c4ccc(F)cc4C)cccn3n2)CC1. The first kappa shape index (κ1) is 19.1. The monoisotopic (exact) mass is 392 g/mol. The summed E-state index contributed by atoms with van der Waals surface area (Å²) in [5.41, 5.74) is 5.65. The third-order valence-corrected chi connectivity index (χ3v) is 5.34. The minimum absolute atomic E-state index is 0.183. The van der Waals surface area contributed by atoms with Gasteiger partial charge in [0.2, 0.25) is 5.95 Å². The van der Waals surface area contributed by atoms with Gasteiger partial charge in [0.1, 0.15) is 5.82 Å². The van der Waals surface area contributed by atoms with Gasteiger partial charge in [-0.15, -0.1) is 5.10 Å². The van der Waals surface area contributed by atoms with Gasteiger partial charge in [0.05, 0.1) is 0 Å². The third-order valence-electron chi connectivity index (χ3n) is 5.34. The molecule has 7 heteroatoms. The molecule has 0 aliphatic heterocycles. The molecule has 0 saturated carbocycles. The third kappa shape index (κ3) is 3.85. The van der Waals surface area contributed by atoms with Crippen molar-refractivity contribution in [1.29, 1.82) is 5.41 Å². The van der Waals surface area contributed by atoms with Gasteiger partial charge in [-0.25, -0.2) is 8.91 Å². The van der Waals surface area contributed by atoms with Crippen LogP contribution in [0.5, 0.6) is 0 Å². The Morgan fingerprint density at radius 1 is 1.31 bits per heavy atom. The highest BCUT2D eigenvalue weighted by molar-refractivity contribution is 5.80. The van der Waals surface area contributed by atoms with E-state index >= 15 is 0 Å². The highest BCUT2D eigenvalue weighted by atomic mass is 19.1. The molecule has 6 nitrogen and oxygen atoms in total. The van der Waals surface area contributed by atoms with Crippen LogP contribution in [0.3, 0.4) is 0 Å². The molecular formula is C22H25FN6. The van der Waals surface area contributed by atoms with Gasteiger partial charge < -0.3 is 16.0 Å². The standard InChI is InChI=1S/C22H25FN6/c1-3-25-20-9-7-17(12-15(20)13-24)26-22-27-21-19(5-4-10-29(21)28-22)18-8-6-16(23)11-14(18)2/h4-6,8,10-11,13,17,24-25H,3,7,9,12H2,1-2H3,(H,26,28). The molecule has 0 spiro atoms. The number of hydrogen-bond donors (Lipinski definition) is 3. The number of benzene rings is 1. The van der Waals surface area contributed by atoms with Gasteiger partial charge in [-0.2, -0.15) is 4.98 Å². The van der Waals surface area contributed by atoms with E-state index in [0.717, 1.165) is 59.4 Å². The van der Waals surface area contributed by atoms with Gasteiger partial charge in [-0.05, 0) is 74.1 Å². The lowest BCUT2D eigenvalue weighted by Crippen LogP contribution is -2.29. The summed E-state index contributed by atoms with van der Waals surface area (Å²) in [5.74, 6) is 0.324. The molecule has 150 valence electrons. The van der Waals surface area contributed by atoms with Crippen molar-refractivity contribution >= 4 is 17.8 Å². The van der Waals surface area contributed by atoms with E-state index in [1.165, 1.54) is 18.3 Å². The van der Waals surface area contributed by atoms with E-state index in [2.05, 4.69) is 22.7 Å². The molecule has 3 aromatic rings. The van der Waals surface area contributed by atoms with Crippen molar-refractivity contribution in [2.24, 2.45) is 0 Å². The zero-order valence-corrected chi connectivity index (χ0v) is 16.7. The van der Waals surface area contributed by atoms with Gasteiger partial charge in [0.25, 0.3) is 0 Å². The number of allylic oxidation sites excluding steroid dienone is 1. The first-order chi connectivity index (χ1) is 14.1. The Balaban J connectivity index is 1.61. The van der Waals surface area contributed by atoms with Crippen LogP contribution >= 0.6 is 0 Å². The highest BCUT2D eigenvalue weighted by Crippen LogP contribution is 2.29. The number of nitrogens with zero attached hydrogens (tertiary/aromatic N) is 3. The molecule has 29 heavy (non-hydrogen) atoms. The summed E-state index contributed by atoms with van der Waals surface area (Å²) in [6.45, 7) is 4.83. The van der Waals surface area contributed by atoms with E-state index in [4.69, 9.17) is 10.4 Å². The van der Waals surface area contributed by atoms with Crippen LogP contribution in [0, 0.1) is 18.2 Å². The Morgan fingerprint density at radius 2 is 2.17 bits per heavy atom. The van der Waals surface area contributed by atoms with Gasteiger partial charge in [0, 0.05) is 36.3 Å². The smallest absolute Gasteiger partial charge is 0.243 e. The van der Waals surface area contributed by atoms with Gasteiger partial charge in [0.15, 0.2) is 5.65 Å². The Morgan fingerprint density at radius 3 is 2.93 bits per heavy atom. The molecule has 1 aliphatic rings. The lowest BCUT2D eigenvalue weighted by atomic mass is 9.92. The molecular weight excluding hydrogens is 367 g/mol. The van der Waals surface area contributed by atoms with Gasteiger partial charge in [-0.1, -0.05) is 6.07 Å². The van der Waals surface area contributed by atoms with Crippen LogP contribution in [-0.4, -0.2) is 33.4 Å². The molecule has 0 radical (unpaired) electrons. The van der Waals surface area contributed by atoms with Crippen molar-refractivity contribution in [3.8, 4) is 11.1 Å². The summed E-state index contributed by atoms with van der Waals surface area (Å²) in [5, 5.41) is 19.1. The highest BCUT2D eigenvalue weighted by Gasteiger charge is 2.21. The Bertz CT molecular complexity index is 1080. The number of hydrogen-bond acceptors (Lipinski definition) is 5. The number of pyridine rings is 1. The number of halogens is 1. The molecule has 0 saturated heterocycles. The second kappa shape index (κ2) is 8.03. The topological polar surface area (TPSA) is 78.1 Å². The molecule has 0 bridgehead atoms. The molecule has 0 amide bonds. The predicted octanol–water partition coefficient (Wildman–Crippen LogP) is 4.32. The van der Waals surface area contributed by atoms with Crippen LogP contribution in [0.4, 0.5) is 10.3 Å². The summed E-state index contributed by atoms with van der Waals surface area (Å²) < 4.78 is 15.3. The fourth-order valence-corrected chi connectivity index (χ4v) is 3.94.